The van der Waals surface area contributed by atoms with Crippen LogP contribution in [0.2, 0.25) is 0 Å². The molecule has 0 aromatic heterocycles. The highest BCUT2D eigenvalue weighted by atomic mass is 32.2. The molecule has 1 heterocycles. The number of hydrogen-bond donors (Lipinski definition) is 2. The van der Waals surface area contributed by atoms with Gasteiger partial charge in [-0.15, -0.1) is 0 Å². The molecule has 1 saturated heterocycles. The quantitative estimate of drug-likeness (QED) is 0.777. The lowest BCUT2D eigenvalue weighted by atomic mass is 10.2. The Labute approximate surface area is 126 Å². The van der Waals surface area contributed by atoms with Crippen molar-refractivity contribution in [2.24, 2.45) is 0 Å². The molecule has 2 unspecified atom stereocenters. The highest BCUT2D eigenvalue weighted by Gasteiger charge is 2.27. The van der Waals surface area contributed by atoms with Crippen LogP contribution in [0.25, 0.3) is 0 Å². The van der Waals surface area contributed by atoms with Crippen molar-refractivity contribution in [1.29, 1.82) is 0 Å². The maximum Gasteiger partial charge on any atom is 0.151 e. The van der Waals surface area contributed by atoms with E-state index in [1.54, 1.807) is 0 Å². The summed E-state index contributed by atoms with van der Waals surface area (Å²) in [7, 11) is -2.88. The van der Waals surface area contributed by atoms with Crippen molar-refractivity contribution in [1.82, 2.24) is 5.32 Å². The van der Waals surface area contributed by atoms with E-state index in [4.69, 9.17) is 4.74 Å². The summed E-state index contributed by atoms with van der Waals surface area (Å²) in [6.07, 6.45) is 0.907. The summed E-state index contributed by atoms with van der Waals surface area (Å²) in [6, 6.07) is 7.74. The Bertz CT molecular complexity index is 559. The predicted octanol–water partition coefficient (Wildman–Crippen LogP) is 0.765. The zero-order chi connectivity index (χ0) is 15.3. The number of rotatable bonds is 7. The van der Waals surface area contributed by atoms with E-state index in [0.717, 1.165) is 12.2 Å². The fourth-order valence-electron chi connectivity index (χ4n) is 2.37. The first kappa shape index (κ1) is 16.3. The minimum Gasteiger partial charge on any atom is -0.491 e. The summed E-state index contributed by atoms with van der Waals surface area (Å²) in [4.78, 5) is 0. The molecule has 1 aromatic carbocycles. The second-order valence-electron chi connectivity index (χ2n) is 5.47. The summed E-state index contributed by atoms with van der Waals surface area (Å²) in [5.41, 5.74) is 1.19. The van der Waals surface area contributed by atoms with Gasteiger partial charge in [-0.1, -0.05) is 19.1 Å². The molecule has 118 valence electrons. The van der Waals surface area contributed by atoms with Crippen molar-refractivity contribution in [2.75, 3.05) is 24.7 Å². The lowest BCUT2D eigenvalue weighted by Gasteiger charge is -2.16. The van der Waals surface area contributed by atoms with Crippen LogP contribution in [0.5, 0.6) is 5.75 Å². The monoisotopic (exact) mass is 313 g/mol. The summed E-state index contributed by atoms with van der Waals surface area (Å²) in [5.74, 6) is 1.15. The molecular weight excluding hydrogens is 290 g/mol. The summed E-state index contributed by atoms with van der Waals surface area (Å²) in [6.45, 7) is 2.61. The Kier molecular flexibility index (Phi) is 5.61. The SMILES string of the molecule is CCc1cccc(OCC(O)CNC2CCS(=O)(=O)C2)c1. The smallest absolute Gasteiger partial charge is 0.151 e. The van der Waals surface area contributed by atoms with Gasteiger partial charge in [0.25, 0.3) is 0 Å². The van der Waals surface area contributed by atoms with Crippen molar-refractivity contribution < 1.29 is 18.3 Å². The van der Waals surface area contributed by atoms with Crippen LogP contribution in [-0.4, -0.2) is 50.3 Å². The van der Waals surface area contributed by atoms with E-state index in [1.165, 1.54) is 5.56 Å². The normalized spacial score (nSPS) is 22.1. The highest BCUT2D eigenvalue weighted by Crippen LogP contribution is 2.14. The fraction of sp³-hybridized carbons (Fsp3) is 0.600. The van der Waals surface area contributed by atoms with Gasteiger partial charge in [0.2, 0.25) is 0 Å². The molecule has 0 aliphatic carbocycles. The molecule has 1 aromatic rings. The van der Waals surface area contributed by atoms with Gasteiger partial charge in [-0.2, -0.15) is 0 Å². The molecule has 6 heteroatoms. The van der Waals surface area contributed by atoms with Gasteiger partial charge in [0.05, 0.1) is 11.5 Å². The summed E-state index contributed by atoms with van der Waals surface area (Å²) in [5, 5.41) is 13.0. The minimum atomic E-state index is -2.88. The molecule has 5 nitrogen and oxygen atoms in total. The first-order valence-electron chi connectivity index (χ1n) is 7.32. The summed E-state index contributed by atoms with van der Waals surface area (Å²) >= 11 is 0. The van der Waals surface area contributed by atoms with Crippen LogP contribution in [0.4, 0.5) is 0 Å². The third-order valence-electron chi connectivity index (χ3n) is 3.62. The molecule has 2 N–H and O–H groups in total. The van der Waals surface area contributed by atoms with Crippen LogP contribution >= 0.6 is 0 Å². The highest BCUT2D eigenvalue weighted by molar-refractivity contribution is 7.91. The van der Waals surface area contributed by atoms with Crippen LogP contribution in [0.1, 0.15) is 18.9 Å². The van der Waals surface area contributed by atoms with Gasteiger partial charge in [-0.3, -0.25) is 0 Å². The maximum atomic E-state index is 11.3. The second kappa shape index (κ2) is 7.24. The van der Waals surface area contributed by atoms with Gasteiger partial charge < -0.3 is 15.2 Å². The molecule has 0 amide bonds. The third kappa shape index (κ3) is 5.30. The third-order valence-corrected chi connectivity index (χ3v) is 5.39. The standard InChI is InChI=1S/C15H23NO4S/c1-2-12-4-3-5-15(8-12)20-10-14(17)9-16-13-6-7-21(18,19)11-13/h3-5,8,13-14,16-17H,2,6-7,9-11H2,1H3. The first-order chi connectivity index (χ1) is 9.98. The number of sulfone groups is 1. The van der Waals surface area contributed by atoms with E-state index in [9.17, 15) is 13.5 Å². The average molecular weight is 313 g/mol. The molecule has 0 spiro atoms. The molecule has 0 bridgehead atoms. The van der Waals surface area contributed by atoms with E-state index in [2.05, 4.69) is 12.2 Å². The number of ether oxygens (including phenoxy) is 1. The van der Waals surface area contributed by atoms with E-state index < -0.39 is 15.9 Å². The molecule has 2 atom stereocenters. The molecule has 1 aliphatic rings. The number of aliphatic hydroxyl groups is 1. The van der Waals surface area contributed by atoms with Gasteiger partial charge in [-0.05, 0) is 30.5 Å². The van der Waals surface area contributed by atoms with Gasteiger partial charge >= 0.3 is 0 Å². The zero-order valence-electron chi connectivity index (χ0n) is 12.3. The van der Waals surface area contributed by atoms with E-state index in [0.29, 0.717) is 13.0 Å². The Morgan fingerprint density at radius 1 is 1.48 bits per heavy atom. The average Bonchev–Trinajstić information content (AvgIpc) is 2.82. The van der Waals surface area contributed by atoms with Crippen LogP contribution in [0.15, 0.2) is 24.3 Å². The molecule has 0 saturated carbocycles. The number of aliphatic hydroxyl groups excluding tert-OH is 1. The Morgan fingerprint density at radius 2 is 2.29 bits per heavy atom. The van der Waals surface area contributed by atoms with Crippen molar-refractivity contribution in [2.45, 2.75) is 31.9 Å². The van der Waals surface area contributed by atoms with E-state index in [-0.39, 0.29) is 24.2 Å². The van der Waals surface area contributed by atoms with Gasteiger partial charge in [-0.25, -0.2) is 8.42 Å². The van der Waals surface area contributed by atoms with Crippen molar-refractivity contribution >= 4 is 9.84 Å². The van der Waals surface area contributed by atoms with E-state index >= 15 is 0 Å². The topological polar surface area (TPSA) is 75.6 Å². The van der Waals surface area contributed by atoms with Crippen molar-refractivity contribution in [3.05, 3.63) is 29.8 Å². The largest absolute Gasteiger partial charge is 0.491 e. The minimum absolute atomic E-state index is 0.0481. The van der Waals surface area contributed by atoms with Crippen LogP contribution in [-0.2, 0) is 16.3 Å². The Morgan fingerprint density at radius 3 is 2.95 bits per heavy atom. The predicted molar refractivity (Wildman–Crippen MR) is 82.4 cm³/mol. The second-order valence-corrected chi connectivity index (χ2v) is 7.70. The molecule has 2 rings (SSSR count). The lowest BCUT2D eigenvalue weighted by Crippen LogP contribution is -2.38. The maximum absolute atomic E-state index is 11.3. The summed E-state index contributed by atoms with van der Waals surface area (Å²) < 4.78 is 28.2. The van der Waals surface area contributed by atoms with E-state index in [1.807, 2.05) is 24.3 Å². The first-order valence-corrected chi connectivity index (χ1v) is 9.14. The lowest BCUT2D eigenvalue weighted by molar-refractivity contribution is 0.104. The van der Waals surface area contributed by atoms with Gasteiger partial charge in [0.15, 0.2) is 9.84 Å². The molecule has 1 fully saturated rings. The van der Waals surface area contributed by atoms with Gasteiger partial charge in [0.1, 0.15) is 18.5 Å². The van der Waals surface area contributed by atoms with Crippen molar-refractivity contribution in [3.63, 3.8) is 0 Å². The van der Waals surface area contributed by atoms with Crippen molar-refractivity contribution in [3.8, 4) is 5.75 Å². The molecule has 0 radical (unpaired) electrons. The van der Waals surface area contributed by atoms with Gasteiger partial charge in [0, 0.05) is 12.6 Å². The number of benzene rings is 1. The molecule has 1 aliphatic heterocycles. The number of aryl methyl sites for hydroxylation is 1. The van der Waals surface area contributed by atoms with Crippen LogP contribution in [0, 0.1) is 0 Å². The fourth-order valence-corrected chi connectivity index (χ4v) is 4.07. The Hall–Kier alpha value is -1.11. The number of nitrogens with one attached hydrogen (secondary N) is 1. The van der Waals surface area contributed by atoms with Crippen LogP contribution in [0.3, 0.4) is 0 Å². The van der Waals surface area contributed by atoms with Crippen LogP contribution < -0.4 is 10.1 Å². The molecular formula is C15H23NO4S. The Balaban J connectivity index is 1.71. The zero-order valence-corrected chi connectivity index (χ0v) is 13.1. The number of hydrogen-bond acceptors (Lipinski definition) is 5. The molecule has 21 heavy (non-hydrogen) atoms.